The third-order valence-corrected chi connectivity index (χ3v) is 1.40. The summed E-state index contributed by atoms with van der Waals surface area (Å²) in [6.07, 6.45) is 0.0534. The Morgan fingerprint density at radius 3 is 2.92 bits per heavy atom. The number of aryl methyl sites for hydroxylation is 1. The molecule has 1 rings (SSSR count). The summed E-state index contributed by atoms with van der Waals surface area (Å²) in [4.78, 5) is 13.8. The zero-order chi connectivity index (χ0) is 9.14. The lowest BCUT2D eigenvalue weighted by atomic mass is 10.3. The second kappa shape index (κ2) is 3.40. The molecule has 0 aliphatic carbocycles. The van der Waals surface area contributed by atoms with Gasteiger partial charge in [0.2, 0.25) is 5.88 Å². The second-order valence-corrected chi connectivity index (χ2v) is 2.57. The monoisotopic (exact) mass is 187 g/mol. The molecule has 0 saturated carbocycles. The molecule has 0 fully saturated rings. The molecule has 0 bridgehead atoms. The van der Waals surface area contributed by atoms with Crippen molar-refractivity contribution in [3.8, 4) is 5.88 Å². The first-order valence-electron chi connectivity index (χ1n) is 3.12. The fraction of sp³-hybridized carbons (Fsp3) is 0.143. The number of nitrogens with zero attached hydrogens (tertiary/aromatic N) is 1. The molecule has 4 nitrogen and oxygen atoms in total. The molecule has 0 aliphatic heterocycles. The minimum atomic E-state index is -1.42. The van der Waals surface area contributed by atoms with Gasteiger partial charge in [-0.3, -0.25) is 0 Å². The van der Waals surface area contributed by atoms with Gasteiger partial charge < -0.3 is 9.84 Å². The SMILES string of the molecule is Cc1cnc(OC(=O)O)c(Cl)c1. The Kier molecular flexibility index (Phi) is 2.50. The number of aromatic nitrogens is 1. The first kappa shape index (κ1) is 8.80. The van der Waals surface area contributed by atoms with Crippen molar-refractivity contribution in [2.75, 3.05) is 0 Å². The Labute approximate surface area is 73.8 Å². The van der Waals surface area contributed by atoms with Crippen molar-refractivity contribution in [3.05, 3.63) is 22.8 Å². The van der Waals surface area contributed by atoms with E-state index in [0.717, 1.165) is 5.56 Å². The fourth-order valence-corrected chi connectivity index (χ4v) is 0.938. The van der Waals surface area contributed by atoms with Crippen molar-refractivity contribution in [2.45, 2.75) is 6.92 Å². The van der Waals surface area contributed by atoms with Crippen LogP contribution in [0.25, 0.3) is 0 Å². The normalized spacial score (nSPS) is 9.50. The Bertz CT molecular complexity index is 314. The highest BCUT2D eigenvalue weighted by Crippen LogP contribution is 2.21. The number of hydrogen-bond acceptors (Lipinski definition) is 3. The molecule has 0 amide bonds. The third kappa shape index (κ3) is 2.10. The lowest BCUT2D eigenvalue weighted by molar-refractivity contribution is 0.142. The highest BCUT2D eigenvalue weighted by atomic mass is 35.5. The Hall–Kier alpha value is -1.29. The molecule has 0 unspecified atom stereocenters. The van der Waals surface area contributed by atoms with Gasteiger partial charge >= 0.3 is 6.16 Å². The van der Waals surface area contributed by atoms with Gasteiger partial charge in [0, 0.05) is 6.20 Å². The molecule has 0 spiro atoms. The van der Waals surface area contributed by atoms with E-state index in [1.54, 1.807) is 13.0 Å². The zero-order valence-corrected chi connectivity index (χ0v) is 7.00. The largest absolute Gasteiger partial charge is 0.512 e. The average molecular weight is 188 g/mol. The van der Waals surface area contributed by atoms with E-state index in [9.17, 15) is 4.79 Å². The van der Waals surface area contributed by atoms with Crippen LogP contribution in [0.4, 0.5) is 4.79 Å². The predicted octanol–water partition coefficient (Wildman–Crippen LogP) is 2.10. The van der Waals surface area contributed by atoms with Gasteiger partial charge in [0.15, 0.2) is 0 Å². The van der Waals surface area contributed by atoms with E-state index in [2.05, 4.69) is 9.72 Å². The van der Waals surface area contributed by atoms with E-state index in [-0.39, 0.29) is 10.9 Å². The van der Waals surface area contributed by atoms with Crippen molar-refractivity contribution in [2.24, 2.45) is 0 Å². The van der Waals surface area contributed by atoms with Gasteiger partial charge in [-0.2, -0.15) is 0 Å². The van der Waals surface area contributed by atoms with Crippen molar-refractivity contribution in [1.29, 1.82) is 0 Å². The van der Waals surface area contributed by atoms with Crippen molar-refractivity contribution >= 4 is 17.8 Å². The van der Waals surface area contributed by atoms with Crippen LogP contribution in [0.15, 0.2) is 12.3 Å². The Morgan fingerprint density at radius 1 is 1.75 bits per heavy atom. The third-order valence-electron chi connectivity index (χ3n) is 1.13. The van der Waals surface area contributed by atoms with Crippen LogP contribution in [0.1, 0.15) is 5.56 Å². The average Bonchev–Trinajstić information content (AvgIpc) is 1.94. The van der Waals surface area contributed by atoms with Crippen LogP contribution in [0.5, 0.6) is 5.88 Å². The van der Waals surface area contributed by atoms with Gasteiger partial charge in [0.05, 0.1) is 0 Å². The Balaban J connectivity index is 2.93. The van der Waals surface area contributed by atoms with Crippen LogP contribution in [0, 0.1) is 6.92 Å². The lowest BCUT2D eigenvalue weighted by Gasteiger charge is -2.00. The van der Waals surface area contributed by atoms with Gasteiger partial charge in [-0.15, -0.1) is 0 Å². The van der Waals surface area contributed by atoms with Gasteiger partial charge in [-0.1, -0.05) is 11.6 Å². The summed E-state index contributed by atoms with van der Waals surface area (Å²) in [5.41, 5.74) is 0.845. The van der Waals surface area contributed by atoms with Crippen LogP contribution >= 0.6 is 11.6 Å². The number of carboxylic acid groups (broad SMARTS) is 1. The van der Waals surface area contributed by atoms with E-state index in [0.29, 0.717) is 0 Å². The van der Waals surface area contributed by atoms with Crippen LogP contribution in [-0.4, -0.2) is 16.2 Å². The van der Waals surface area contributed by atoms with Crippen LogP contribution in [0.3, 0.4) is 0 Å². The lowest BCUT2D eigenvalue weighted by Crippen LogP contribution is -2.04. The first-order chi connectivity index (χ1) is 5.59. The topological polar surface area (TPSA) is 59.4 Å². The maximum Gasteiger partial charge on any atom is 0.512 e. The number of hydrogen-bond donors (Lipinski definition) is 1. The van der Waals surface area contributed by atoms with Gasteiger partial charge in [-0.05, 0) is 18.6 Å². The Morgan fingerprint density at radius 2 is 2.42 bits per heavy atom. The van der Waals surface area contributed by atoms with E-state index >= 15 is 0 Å². The van der Waals surface area contributed by atoms with E-state index in [4.69, 9.17) is 16.7 Å². The maximum absolute atomic E-state index is 10.1. The highest BCUT2D eigenvalue weighted by molar-refractivity contribution is 6.31. The summed E-state index contributed by atoms with van der Waals surface area (Å²) >= 11 is 5.62. The van der Waals surface area contributed by atoms with Crippen LogP contribution in [-0.2, 0) is 0 Å². The molecular formula is C7H6ClNO3. The molecule has 1 aromatic heterocycles. The number of rotatable bonds is 1. The summed E-state index contributed by atoms with van der Waals surface area (Å²) in [6, 6.07) is 1.58. The smallest absolute Gasteiger partial charge is 0.449 e. The number of carbonyl (C=O) groups is 1. The second-order valence-electron chi connectivity index (χ2n) is 2.17. The van der Waals surface area contributed by atoms with E-state index < -0.39 is 6.16 Å². The molecule has 0 atom stereocenters. The minimum absolute atomic E-state index is 0.0882. The summed E-state index contributed by atoms with van der Waals surface area (Å²) in [7, 11) is 0. The maximum atomic E-state index is 10.1. The summed E-state index contributed by atoms with van der Waals surface area (Å²) < 4.78 is 4.27. The predicted molar refractivity (Wildman–Crippen MR) is 42.6 cm³/mol. The van der Waals surface area contributed by atoms with Crippen molar-refractivity contribution in [1.82, 2.24) is 4.98 Å². The summed E-state index contributed by atoms with van der Waals surface area (Å²) in [5, 5.41) is 8.43. The molecular weight excluding hydrogens is 182 g/mol. The zero-order valence-electron chi connectivity index (χ0n) is 6.24. The van der Waals surface area contributed by atoms with E-state index in [1.807, 2.05) is 0 Å². The molecule has 64 valence electrons. The fourth-order valence-electron chi connectivity index (χ4n) is 0.679. The molecule has 12 heavy (non-hydrogen) atoms. The van der Waals surface area contributed by atoms with Gasteiger partial charge in [0.1, 0.15) is 5.02 Å². The van der Waals surface area contributed by atoms with Crippen LogP contribution < -0.4 is 4.74 Å². The molecule has 0 aliphatic rings. The molecule has 5 heteroatoms. The van der Waals surface area contributed by atoms with Crippen molar-refractivity contribution in [3.63, 3.8) is 0 Å². The molecule has 0 saturated heterocycles. The van der Waals surface area contributed by atoms with Gasteiger partial charge in [0.25, 0.3) is 0 Å². The summed E-state index contributed by atoms with van der Waals surface area (Å²) in [6.45, 7) is 1.80. The molecule has 1 N–H and O–H groups in total. The summed E-state index contributed by atoms with van der Waals surface area (Å²) in [5.74, 6) is -0.0882. The number of ether oxygens (including phenoxy) is 1. The first-order valence-corrected chi connectivity index (χ1v) is 3.50. The number of pyridine rings is 1. The molecule has 0 aromatic carbocycles. The highest BCUT2D eigenvalue weighted by Gasteiger charge is 2.06. The quantitative estimate of drug-likeness (QED) is 0.684. The van der Waals surface area contributed by atoms with Crippen molar-refractivity contribution < 1.29 is 14.6 Å². The number of halogens is 1. The van der Waals surface area contributed by atoms with Crippen LogP contribution in [0.2, 0.25) is 5.02 Å². The molecule has 0 radical (unpaired) electrons. The standard InChI is InChI=1S/C7H6ClNO3/c1-4-2-5(8)6(9-3-4)12-7(10)11/h2-3H,1H3,(H,10,11). The van der Waals surface area contributed by atoms with Gasteiger partial charge in [-0.25, -0.2) is 9.78 Å². The molecule has 1 heterocycles. The van der Waals surface area contributed by atoms with E-state index in [1.165, 1.54) is 6.20 Å². The minimum Gasteiger partial charge on any atom is -0.449 e. The molecule has 1 aromatic rings.